The number of primary amides is 1. The van der Waals surface area contributed by atoms with E-state index in [4.69, 9.17) is 11.5 Å². The van der Waals surface area contributed by atoms with E-state index >= 15 is 0 Å². The molecule has 1 saturated heterocycles. The van der Waals surface area contributed by atoms with Gasteiger partial charge in [0.1, 0.15) is 0 Å². The molecule has 1 aliphatic heterocycles. The molecule has 5 nitrogen and oxygen atoms in total. The number of nitrogen functional groups attached to an aromatic ring is 1. The first-order chi connectivity index (χ1) is 8.58. The van der Waals surface area contributed by atoms with Gasteiger partial charge < -0.3 is 16.4 Å². The lowest BCUT2D eigenvalue weighted by molar-refractivity contribution is -0.123. The number of anilines is 1. The van der Waals surface area contributed by atoms with Gasteiger partial charge in [-0.25, -0.2) is 0 Å². The van der Waals surface area contributed by atoms with Crippen LogP contribution < -0.4 is 11.5 Å². The molecule has 1 aliphatic rings. The van der Waals surface area contributed by atoms with E-state index in [1.165, 1.54) is 0 Å². The van der Waals surface area contributed by atoms with Gasteiger partial charge >= 0.3 is 0 Å². The molecule has 0 saturated carbocycles. The fourth-order valence-corrected chi connectivity index (χ4v) is 2.18. The van der Waals surface area contributed by atoms with Crippen LogP contribution in [-0.4, -0.2) is 29.8 Å². The van der Waals surface area contributed by atoms with Crippen molar-refractivity contribution in [2.24, 2.45) is 11.7 Å². The summed E-state index contributed by atoms with van der Waals surface area (Å²) in [5, 5.41) is 0. The normalized spacial score (nSPS) is 16.6. The Hall–Kier alpha value is -2.04. The van der Waals surface area contributed by atoms with Crippen LogP contribution in [0.3, 0.4) is 0 Å². The molecule has 0 aromatic heterocycles. The third-order valence-electron chi connectivity index (χ3n) is 3.34. The van der Waals surface area contributed by atoms with Crippen molar-refractivity contribution in [2.75, 3.05) is 18.8 Å². The summed E-state index contributed by atoms with van der Waals surface area (Å²) >= 11 is 0. The Labute approximate surface area is 106 Å². The molecule has 18 heavy (non-hydrogen) atoms. The second-order valence-electron chi connectivity index (χ2n) is 4.59. The summed E-state index contributed by atoms with van der Waals surface area (Å²) in [4.78, 5) is 25.0. The van der Waals surface area contributed by atoms with Gasteiger partial charge in [0.15, 0.2) is 0 Å². The maximum absolute atomic E-state index is 12.2. The summed E-state index contributed by atoms with van der Waals surface area (Å²) in [6.07, 6.45) is 1.30. The summed E-state index contributed by atoms with van der Waals surface area (Å²) in [6.45, 7) is 1.16. The number of hydrogen-bond acceptors (Lipinski definition) is 3. The average Bonchev–Trinajstić information content (AvgIpc) is 2.39. The maximum atomic E-state index is 12.2. The Balaban J connectivity index is 1.99. The summed E-state index contributed by atoms with van der Waals surface area (Å²) in [5.74, 6) is -0.382. The molecule has 0 unspecified atom stereocenters. The van der Waals surface area contributed by atoms with Crippen molar-refractivity contribution in [1.29, 1.82) is 0 Å². The molecular weight excluding hydrogens is 230 g/mol. The largest absolute Gasteiger partial charge is 0.399 e. The van der Waals surface area contributed by atoms with E-state index in [0.29, 0.717) is 37.2 Å². The number of carbonyl (C=O) groups is 2. The predicted molar refractivity (Wildman–Crippen MR) is 68.7 cm³/mol. The lowest BCUT2D eigenvalue weighted by atomic mass is 9.96. The summed E-state index contributed by atoms with van der Waals surface area (Å²) in [7, 11) is 0. The van der Waals surface area contributed by atoms with Crippen LogP contribution in [0, 0.1) is 5.92 Å². The zero-order valence-corrected chi connectivity index (χ0v) is 10.1. The van der Waals surface area contributed by atoms with Crippen molar-refractivity contribution in [2.45, 2.75) is 12.8 Å². The average molecular weight is 247 g/mol. The van der Waals surface area contributed by atoms with Gasteiger partial charge in [-0.1, -0.05) is 0 Å². The van der Waals surface area contributed by atoms with Crippen LogP contribution in [-0.2, 0) is 4.79 Å². The van der Waals surface area contributed by atoms with E-state index in [1.807, 2.05) is 0 Å². The van der Waals surface area contributed by atoms with Crippen LogP contribution in [0.5, 0.6) is 0 Å². The highest BCUT2D eigenvalue weighted by Gasteiger charge is 2.26. The van der Waals surface area contributed by atoms with E-state index in [9.17, 15) is 9.59 Å². The van der Waals surface area contributed by atoms with Gasteiger partial charge in [0.2, 0.25) is 5.91 Å². The molecule has 5 heteroatoms. The minimum absolute atomic E-state index is 0.0158. The molecule has 0 spiro atoms. The topological polar surface area (TPSA) is 89.4 Å². The number of benzene rings is 1. The van der Waals surface area contributed by atoms with Crippen molar-refractivity contribution in [3.8, 4) is 0 Å². The molecule has 96 valence electrons. The monoisotopic (exact) mass is 247 g/mol. The minimum atomic E-state index is -0.269. The third-order valence-corrected chi connectivity index (χ3v) is 3.34. The molecule has 1 heterocycles. The van der Waals surface area contributed by atoms with E-state index in [2.05, 4.69) is 0 Å². The molecule has 1 aromatic rings. The first kappa shape index (κ1) is 12.4. The van der Waals surface area contributed by atoms with Crippen molar-refractivity contribution >= 4 is 17.5 Å². The maximum Gasteiger partial charge on any atom is 0.253 e. The van der Waals surface area contributed by atoms with Gasteiger partial charge in [-0.2, -0.15) is 0 Å². The van der Waals surface area contributed by atoms with Crippen LogP contribution in [0.4, 0.5) is 5.69 Å². The highest BCUT2D eigenvalue weighted by atomic mass is 16.2. The molecule has 2 rings (SSSR count). The third kappa shape index (κ3) is 2.61. The van der Waals surface area contributed by atoms with Gasteiger partial charge in [0.25, 0.3) is 5.91 Å². The lowest BCUT2D eigenvalue weighted by Gasteiger charge is -2.30. The van der Waals surface area contributed by atoms with Crippen LogP contribution >= 0.6 is 0 Å². The molecular formula is C13H17N3O2. The van der Waals surface area contributed by atoms with Crippen molar-refractivity contribution < 1.29 is 9.59 Å². The Morgan fingerprint density at radius 1 is 1.11 bits per heavy atom. The lowest BCUT2D eigenvalue weighted by Crippen LogP contribution is -2.41. The molecule has 1 fully saturated rings. The first-order valence-electron chi connectivity index (χ1n) is 6.02. The zero-order chi connectivity index (χ0) is 13.1. The molecule has 4 N–H and O–H groups in total. The Morgan fingerprint density at radius 2 is 1.67 bits per heavy atom. The number of hydrogen-bond donors (Lipinski definition) is 2. The van der Waals surface area contributed by atoms with E-state index in [0.717, 1.165) is 0 Å². The standard InChI is InChI=1S/C13H17N3O2/c14-11-3-1-10(2-4-11)13(18)16-7-5-9(6-8-16)12(15)17/h1-4,9H,5-8,14H2,(H2,15,17). The van der Waals surface area contributed by atoms with Crippen molar-refractivity contribution in [1.82, 2.24) is 4.90 Å². The number of likely N-dealkylation sites (tertiary alicyclic amines) is 1. The second kappa shape index (κ2) is 5.08. The molecule has 1 aromatic carbocycles. The number of rotatable bonds is 2. The highest BCUT2D eigenvalue weighted by Crippen LogP contribution is 2.19. The van der Waals surface area contributed by atoms with Crippen LogP contribution in [0.25, 0.3) is 0 Å². The Kier molecular flexibility index (Phi) is 3.50. The fraction of sp³-hybridized carbons (Fsp3) is 0.385. The highest BCUT2D eigenvalue weighted by molar-refractivity contribution is 5.94. The van der Waals surface area contributed by atoms with Gasteiger partial charge in [-0.15, -0.1) is 0 Å². The summed E-state index contributed by atoms with van der Waals surface area (Å²) < 4.78 is 0. The molecule has 0 radical (unpaired) electrons. The van der Waals surface area contributed by atoms with Gasteiger partial charge in [-0.05, 0) is 37.1 Å². The number of piperidine rings is 1. The SMILES string of the molecule is NC(=O)C1CCN(C(=O)c2ccc(N)cc2)CC1. The Morgan fingerprint density at radius 3 is 2.17 bits per heavy atom. The molecule has 0 atom stereocenters. The van der Waals surface area contributed by atoms with E-state index in [1.54, 1.807) is 29.2 Å². The smallest absolute Gasteiger partial charge is 0.253 e. The van der Waals surface area contributed by atoms with Crippen molar-refractivity contribution in [3.05, 3.63) is 29.8 Å². The fourth-order valence-electron chi connectivity index (χ4n) is 2.18. The van der Waals surface area contributed by atoms with Gasteiger partial charge in [0.05, 0.1) is 0 Å². The number of nitrogens with zero attached hydrogens (tertiary/aromatic N) is 1. The predicted octanol–water partition coefficient (Wildman–Crippen LogP) is 0.606. The van der Waals surface area contributed by atoms with Crippen molar-refractivity contribution in [3.63, 3.8) is 0 Å². The van der Waals surface area contributed by atoms with Crippen LogP contribution in [0.15, 0.2) is 24.3 Å². The molecule has 0 aliphatic carbocycles. The van der Waals surface area contributed by atoms with Crippen LogP contribution in [0.1, 0.15) is 23.2 Å². The Bertz CT molecular complexity index is 448. The van der Waals surface area contributed by atoms with Gasteiger partial charge in [-0.3, -0.25) is 9.59 Å². The number of carbonyl (C=O) groups excluding carboxylic acids is 2. The molecule has 0 bridgehead atoms. The first-order valence-corrected chi connectivity index (χ1v) is 6.02. The van der Waals surface area contributed by atoms with Crippen LogP contribution in [0.2, 0.25) is 0 Å². The minimum Gasteiger partial charge on any atom is -0.399 e. The quantitative estimate of drug-likeness (QED) is 0.750. The summed E-state index contributed by atoms with van der Waals surface area (Å²) in [6, 6.07) is 6.86. The second-order valence-corrected chi connectivity index (χ2v) is 4.59. The number of amides is 2. The van der Waals surface area contributed by atoms with E-state index in [-0.39, 0.29) is 17.7 Å². The van der Waals surface area contributed by atoms with E-state index < -0.39 is 0 Å². The number of nitrogens with two attached hydrogens (primary N) is 2. The zero-order valence-electron chi connectivity index (χ0n) is 10.1. The van der Waals surface area contributed by atoms with Gasteiger partial charge in [0, 0.05) is 30.3 Å². The molecule has 2 amide bonds. The summed E-state index contributed by atoms with van der Waals surface area (Å²) in [5.41, 5.74) is 12.1.